The van der Waals surface area contributed by atoms with Gasteiger partial charge in [0.1, 0.15) is 5.60 Å². The number of thiophene rings is 1. The number of aryl methyl sites for hydroxylation is 1. The van der Waals surface area contributed by atoms with Gasteiger partial charge in [0.15, 0.2) is 0 Å². The van der Waals surface area contributed by atoms with Crippen molar-refractivity contribution in [1.29, 1.82) is 0 Å². The maximum Gasteiger partial charge on any atom is 0.414 e. The highest BCUT2D eigenvalue weighted by Gasteiger charge is 2.27. The molecule has 1 N–H and O–H groups in total. The van der Waals surface area contributed by atoms with Gasteiger partial charge in [-0.2, -0.15) is 0 Å². The summed E-state index contributed by atoms with van der Waals surface area (Å²) in [5.41, 5.74) is 2.68. The van der Waals surface area contributed by atoms with Crippen molar-refractivity contribution in [2.45, 2.75) is 45.8 Å². The second kappa shape index (κ2) is 7.38. The molecule has 0 saturated carbocycles. The highest BCUT2D eigenvalue weighted by Crippen LogP contribution is 2.32. The summed E-state index contributed by atoms with van der Waals surface area (Å²) >= 11 is 5.21. The van der Waals surface area contributed by atoms with E-state index in [1.54, 1.807) is 16.2 Å². The number of hydrogen-bond donors (Lipinski definition) is 1. The summed E-state index contributed by atoms with van der Waals surface area (Å²) in [6.07, 6.45) is 1.68. The Kier molecular flexibility index (Phi) is 5.39. The lowest BCUT2D eigenvalue weighted by Gasteiger charge is -2.32. The van der Waals surface area contributed by atoms with Gasteiger partial charge in [0, 0.05) is 23.7 Å². The van der Waals surface area contributed by atoms with Crippen LogP contribution in [0.4, 0.5) is 16.2 Å². The molecular weight excluding hydrogens is 400 g/mol. The average molecular weight is 423 g/mol. The highest BCUT2D eigenvalue weighted by atomic mass is 79.9. The number of nitrogens with zero attached hydrogens (tertiary/aromatic N) is 1. The third-order valence-corrected chi connectivity index (χ3v) is 5.54. The summed E-state index contributed by atoms with van der Waals surface area (Å²) in [5, 5.41) is 3.44. The number of nitrogens with one attached hydrogen (secondary N) is 1. The average Bonchev–Trinajstić information content (AvgIpc) is 2.96. The molecule has 0 fully saturated rings. The predicted octanol–water partition coefficient (Wildman–Crippen LogP) is 5.81. The highest BCUT2D eigenvalue weighted by molar-refractivity contribution is 9.11. The minimum atomic E-state index is -0.489. The van der Waals surface area contributed by atoms with E-state index in [1.807, 2.05) is 20.8 Å². The molecule has 2 aromatic rings. The molecule has 3 rings (SSSR count). The molecule has 0 bridgehead atoms. The van der Waals surface area contributed by atoms with Crippen molar-refractivity contribution >= 4 is 44.7 Å². The van der Waals surface area contributed by atoms with Gasteiger partial charge < -0.3 is 10.1 Å². The first-order chi connectivity index (χ1) is 11.8. The molecular formula is C19H23BrN2O2S. The number of amides is 1. The van der Waals surface area contributed by atoms with Crippen molar-refractivity contribution in [3.05, 3.63) is 44.6 Å². The minimum absolute atomic E-state index is 0.271. The summed E-state index contributed by atoms with van der Waals surface area (Å²) in [6, 6.07) is 10.4. The third kappa shape index (κ3) is 4.76. The molecule has 4 nitrogen and oxygen atoms in total. The Morgan fingerprint density at radius 1 is 1.32 bits per heavy atom. The van der Waals surface area contributed by atoms with Gasteiger partial charge in [-0.25, -0.2) is 4.79 Å². The zero-order valence-electron chi connectivity index (χ0n) is 14.8. The van der Waals surface area contributed by atoms with Crippen molar-refractivity contribution in [2.24, 2.45) is 0 Å². The van der Waals surface area contributed by atoms with E-state index in [4.69, 9.17) is 4.74 Å². The molecule has 25 heavy (non-hydrogen) atoms. The Balaban J connectivity index is 1.76. The molecule has 0 saturated heterocycles. The van der Waals surface area contributed by atoms with E-state index < -0.39 is 5.60 Å². The van der Waals surface area contributed by atoms with E-state index in [1.165, 1.54) is 10.4 Å². The molecule has 1 aliphatic rings. The molecule has 0 radical (unpaired) electrons. The number of halogens is 1. The van der Waals surface area contributed by atoms with E-state index in [-0.39, 0.29) is 6.09 Å². The van der Waals surface area contributed by atoms with Crippen molar-refractivity contribution in [3.8, 4) is 0 Å². The SMILES string of the molecule is CC(C)(C)OC(=O)N1CCCc2ccc(NCc3ccc(Br)s3)cc21. The molecule has 0 spiro atoms. The van der Waals surface area contributed by atoms with E-state index >= 15 is 0 Å². The normalized spacial score (nSPS) is 14.2. The zero-order valence-corrected chi connectivity index (χ0v) is 17.2. The molecule has 0 aliphatic carbocycles. The minimum Gasteiger partial charge on any atom is -0.443 e. The van der Waals surface area contributed by atoms with Crippen LogP contribution in [0, 0.1) is 0 Å². The van der Waals surface area contributed by atoms with Crippen molar-refractivity contribution in [2.75, 3.05) is 16.8 Å². The number of anilines is 2. The fourth-order valence-electron chi connectivity index (χ4n) is 2.83. The Bertz CT molecular complexity index is 767. The summed E-state index contributed by atoms with van der Waals surface area (Å²) in [6.45, 7) is 7.15. The van der Waals surface area contributed by atoms with Crippen molar-refractivity contribution < 1.29 is 9.53 Å². The van der Waals surface area contributed by atoms with Gasteiger partial charge in [-0.15, -0.1) is 11.3 Å². The maximum atomic E-state index is 12.5. The van der Waals surface area contributed by atoms with Gasteiger partial charge in [0.05, 0.1) is 9.47 Å². The Morgan fingerprint density at radius 3 is 2.80 bits per heavy atom. The van der Waals surface area contributed by atoms with Crippen LogP contribution >= 0.6 is 27.3 Å². The number of rotatable bonds is 3. The maximum absolute atomic E-state index is 12.5. The van der Waals surface area contributed by atoms with Crippen LogP contribution in [0.5, 0.6) is 0 Å². The van der Waals surface area contributed by atoms with Crippen LogP contribution in [-0.2, 0) is 17.7 Å². The number of carbonyl (C=O) groups is 1. The first-order valence-electron chi connectivity index (χ1n) is 8.43. The van der Waals surface area contributed by atoms with E-state index in [9.17, 15) is 4.79 Å². The van der Waals surface area contributed by atoms with Gasteiger partial charge in [0.2, 0.25) is 0 Å². The van der Waals surface area contributed by atoms with Crippen LogP contribution < -0.4 is 10.2 Å². The Morgan fingerprint density at radius 2 is 2.12 bits per heavy atom. The molecule has 1 aliphatic heterocycles. The first kappa shape index (κ1) is 18.3. The van der Waals surface area contributed by atoms with E-state index in [0.29, 0.717) is 6.54 Å². The number of fused-ring (bicyclic) bond motifs is 1. The third-order valence-electron chi connectivity index (χ3n) is 3.91. The lowest BCUT2D eigenvalue weighted by Crippen LogP contribution is -2.39. The monoisotopic (exact) mass is 422 g/mol. The Hall–Kier alpha value is -1.53. The van der Waals surface area contributed by atoms with Crippen molar-refractivity contribution in [3.63, 3.8) is 0 Å². The fraction of sp³-hybridized carbons (Fsp3) is 0.421. The summed E-state index contributed by atoms with van der Waals surface area (Å²) in [5.74, 6) is 0. The molecule has 0 atom stereocenters. The summed E-state index contributed by atoms with van der Waals surface area (Å²) in [7, 11) is 0. The van der Waals surface area contributed by atoms with Crippen molar-refractivity contribution in [1.82, 2.24) is 0 Å². The fourth-order valence-corrected chi connectivity index (χ4v) is 4.25. The van der Waals surface area contributed by atoms with Crippen LogP contribution in [0.25, 0.3) is 0 Å². The molecule has 134 valence electrons. The second-order valence-corrected chi connectivity index (χ2v) is 9.69. The lowest BCUT2D eigenvalue weighted by atomic mass is 10.0. The number of hydrogen-bond acceptors (Lipinski definition) is 4. The molecule has 1 aromatic heterocycles. The van der Waals surface area contributed by atoms with Crippen LogP contribution in [0.3, 0.4) is 0 Å². The van der Waals surface area contributed by atoms with Gasteiger partial charge in [-0.3, -0.25) is 4.90 Å². The van der Waals surface area contributed by atoms with Gasteiger partial charge in [-0.1, -0.05) is 6.07 Å². The number of carbonyl (C=O) groups excluding carboxylic acids is 1. The van der Waals surface area contributed by atoms with Crippen LogP contribution in [0.2, 0.25) is 0 Å². The largest absolute Gasteiger partial charge is 0.443 e. The smallest absolute Gasteiger partial charge is 0.414 e. The molecule has 0 unspecified atom stereocenters. The molecule has 6 heteroatoms. The van der Waals surface area contributed by atoms with Crippen LogP contribution in [0.1, 0.15) is 37.6 Å². The summed E-state index contributed by atoms with van der Waals surface area (Å²) in [4.78, 5) is 15.6. The van der Waals surface area contributed by atoms with Gasteiger partial charge >= 0.3 is 6.09 Å². The molecule has 1 aromatic carbocycles. The second-order valence-electron chi connectivity index (χ2n) is 7.14. The standard InChI is InChI=1S/C19H23BrN2O2S/c1-19(2,3)24-18(23)22-10-4-5-13-6-7-14(11-16(13)22)21-12-15-8-9-17(20)25-15/h6-9,11,21H,4-5,10,12H2,1-3H3. The molecule has 2 heterocycles. The topological polar surface area (TPSA) is 41.6 Å². The van der Waals surface area contributed by atoms with E-state index in [0.717, 1.165) is 34.5 Å². The quantitative estimate of drug-likeness (QED) is 0.678. The van der Waals surface area contributed by atoms with Gasteiger partial charge in [-0.05, 0) is 79.4 Å². The van der Waals surface area contributed by atoms with Crippen LogP contribution in [0.15, 0.2) is 34.1 Å². The summed E-state index contributed by atoms with van der Waals surface area (Å²) < 4.78 is 6.70. The molecule has 1 amide bonds. The van der Waals surface area contributed by atoms with E-state index in [2.05, 4.69) is 51.6 Å². The number of ether oxygens (including phenoxy) is 1. The Labute approximate surface area is 161 Å². The number of benzene rings is 1. The lowest BCUT2D eigenvalue weighted by molar-refractivity contribution is 0.0578. The van der Waals surface area contributed by atoms with Gasteiger partial charge in [0.25, 0.3) is 0 Å². The van der Waals surface area contributed by atoms with Crippen LogP contribution in [-0.4, -0.2) is 18.2 Å². The first-order valence-corrected chi connectivity index (χ1v) is 10.0. The zero-order chi connectivity index (χ0) is 18.0. The predicted molar refractivity (Wildman–Crippen MR) is 108 cm³/mol.